The topological polar surface area (TPSA) is 121 Å². The highest BCUT2D eigenvalue weighted by Crippen LogP contribution is 2.38. The number of fused-ring (bicyclic) bond motifs is 1. The second kappa shape index (κ2) is 13.8. The molecule has 0 aliphatic heterocycles. The summed E-state index contributed by atoms with van der Waals surface area (Å²) < 4.78 is 43.4. The molecule has 3 aromatic carbocycles. The van der Waals surface area contributed by atoms with Crippen LogP contribution in [0.5, 0.6) is 5.75 Å². The summed E-state index contributed by atoms with van der Waals surface area (Å²) in [5.41, 5.74) is 2.68. The Morgan fingerprint density at radius 1 is 1.02 bits per heavy atom. The summed E-state index contributed by atoms with van der Waals surface area (Å²) in [4.78, 5) is 42.9. The Bertz CT molecular complexity index is 1720. The van der Waals surface area contributed by atoms with Crippen LogP contribution in [0.3, 0.4) is 0 Å². The van der Waals surface area contributed by atoms with Gasteiger partial charge in [-0.05, 0) is 66.6 Å². The third-order valence-electron chi connectivity index (χ3n) is 7.18. The first-order chi connectivity index (χ1) is 21.6. The van der Waals surface area contributed by atoms with E-state index in [-0.39, 0.29) is 36.1 Å². The molecule has 0 saturated carbocycles. The SMILES string of the molecule is O=C(O)CCNC(=O)c1ccc(CN(C(=O)Nc2nc3c(OC(F)(F)F)cccc3s2)c2ccccc2C2CC=CCC2)cc1. The van der Waals surface area contributed by atoms with Crippen LogP contribution in [0.4, 0.5) is 28.8 Å². The van der Waals surface area contributed by atoms with Crippen molar-refractivity contribution in [1.29, 1.82) is 0 Å². The fraction of sp³-hybridized carbons (Fsp3) is 0.250. The predicted octanol–water partition coefficient (Wildman–Crippen LogP) is 7.46. The Balaban J connectivity index is 1.43. The molecule has 0 spiro atoms. The molecule has 13 heteroatoms. The number of amides is 3. The number of benzene rings is 3. The molecular formula is C32H29F3N4O5S. The van der Waals surface area contributed by atoms with Gasteiger partial charge in [0, 0.05) is 17.8 Å². The highest BCUT2D eigenvalue weighted by Gasteiger charge is 2.32. The van der Waals surface area contributed by atoms with Gasteiger partial charge in [0.1, 0.15) is 5.52 Å². The number of para-hydroxylation sites is 2. The number of carbonyl (C=O) groups is 3. The number of ether oxygens (including phenoxy) is 1. The molecule has 3 N–H and O–H groups in total. The van der Waals surface area contributed by atoms with Gasteiger partial charge < -0.3 is 15.2 Å². The lowest BCUT2D eigenvalue weighted by Crippen LogP contribution is -2.35. The second-order valence-electron chi connectivity index (χ2n) is 10.3. The average molecular weight is 639 g/mol. The molecule has 1 aliphatic carbocycles. The molecule has 1 aromatic heterocycles. The number of rotatable bonds is 10. The fourth-order valence-corrected chi connectivity index (χ4v) is 5.97. The normalized spacial score (nSPS) is 14.6. The first-order valence-electron chi connectivity index (χ1n) is 14.1. The van der Waals surface area contributed by atoms with Crippen LogP contribution < -0.4 is 20.3 Å². The number of allylic oxidation sites excluding steroid dienone is 2. The number of carboxylic acid groups (broad SMARTS) is 1. The van der Waals surface area contributed by atoms with E-state index in [1.165, 1.54) is 12.1 Å². The third-order valence-corrected chi connectivity index (χ3v) is 8.12. The fourth-order valence-electron chi connectivity index (χ4n) is 5.09. The van der Waals surface area contributed by atoms with E-state index >= 15 is 0 Å². The zero-order valence-electron chi connectivity index (χ0n) is 23.8. The number of aromatic nitrogens is 1. The molecule has 5 rings (SSSR count). The molecule has 1 heterocycles. The molecule has 1 atom stereocenters. The summed E-state index contributed by atoms with van der Waals surface area (Å²) in [5, 5.41) is 14.2. The third kappa shape index (κ3) is 8.18. The number of aliphatic carboxylic acids is 1. The van der Waals surface area contributed by atoms with Crippen molar-refractivity contribution in [1.82, 2.24) is 10.3 Å². The Kier molecular flexibility index (Phi) is 9.67. The number of urea groups is 1. The molecule has 1 aliphatic rings. The summed E-state index contributed by atoms with van der Waals surface area (Å²) in [6.07, 6.45) is 1.80. The van der Waals surface area contributed by atoms with Gasteiger partial charge in [0.2, 0.25) is 0 Å². The zero-order valence-corrected chi connectivity index (χ0v) is 24.7. The van der Waals surface area contributed by atoms with E-state index in [0.29, 0.717) is 21.5 Å². The first kappa shape index (κ1) is 31.5. The number of thiazole rings is 1. The molecule has 0 fully saturated rings. The number of anilines is 2. The minimum atomic E-state index is -4.90. The number of nitrogens with one attached hydrogen (secondary N) is 2. The summed E-state index contributed by atoms with van der Waals surface area (Å²) in [5.74, 6) is -1.72. The van der Waals surface area contributed by atoms with Gasteiger partial charge in [0.25, 0.3) is 5.91 Å². The summed E-state index contributed by atoms with van der Waals surface area (Å²) >= 11 is 1.02. The highest BCUT2D eigenvalue weighted by atomic mass is 32.1. The molecule has 1 unspecified atom stereocenters. The van der Waals surface area contributed by atoms with Crippen molar-refractivity contribution in [3.8, 4) is 5.75 Å². The maximum absolute atomic E-state index is 13.9. The summed E-state index contributed by atoms with van der Waals surface area (Å²) in [6, 6.07) is 17.8. The number of nitrogens with zero attached hydrogens (tertiary/aromatic N) is 2. The maximum atomic E-state index is 13.9. The number of carbonyl (C=O) groups excluding carboxylic acids is 2. The lowest BCUT2D eigenvalue weighted by atomic mass is 9.86. The minimum Gasteiger partial charge on any atom is -0.481 e. The van der Waals surface area contributed by atoms with E-state index in [0.717, 1.165) is 36.2 Å². The van der Waals surface area contributed by atoms with E-state index in [1.807, 2.05) is 24.3 Å². The molecule has 0 radical (unpaired) electrons. The molecule has 0 saturated heterocycles. The zero-order chi connectivity index (χ0) is 32.0. The van der Waals surface area contributed by atoms with Crippen molar-refractivity contribution in [3.63, 3.8) is 0 Å². The van der Waals surface area contributed by atoms with Gasteiger partial charge in [-0.15, -0.1) is 13.2 Å². The maximum Gasteiger partial charge on any atom is 0.573 e. The van der Waals surface area contributed by atoms with Crippen molar-refractivity contribution < 1.29 is 37.4 Å². The Morgan fingerprint density at radius 3 is 2.51 bits per heavy atom. The van der Waals surface area contributed by atoms with Crippen LogP contribution in [-0.4, -0.2) is 40.9 Å². The largest absolute Gasteiger partial charge is 0.573 e. The van der Waals surface area contributed by atoms with Gasteiger partial charge in [0.05, 0.1) is 17.7 Å². The van der Waals surface area contributed by atoms with E-state index < -0.39 is 30.0 Å². The average Bonchev–Trinajstić information content (AvgIpc) is 3.43. The Hall–Kier alpha value is -4.91. The molecule has 3 amide bonds. The number of carboxylic acids is 1. The molecule has 4 aromatic rings. The van der Waals surface area contributed by atoms with E-state index in [9.17, 15) is 27.6 Å². The monoisotopic (exact) mass is 638 g/mol. The van der Waals surface area contributed by atoms with E-state index in [4.69, 9.17) is 5.11 Å². The minimum absolute atomic E-state index is 0.00734. The second-order valence-corrected chi connectivity index (χ2v) is 11.4. The quantitative estimate of drug-likeness (QED) is 0.155. The molecule has 0 bridgehead atoms. The van der Waals surface area contributed by atoms with Crippen LogP contribution in [0.2, 0.25) is 0 Å². The molecule has 45 heavy (non-hydrogen) atoms. The van der Waals surface area contributed by atoms with Crippen molar-refractivity contribution in [3.05, 3.63) is 95.6 Å². The van der Waals surface area contributed by atoms with Crippen molar-refractivity contribution >= 4 is 50.3 Å². The molecule has 234 valence electrons. The van der Waals surface area contributed by atoms with Gasteiger partial charge in [-0.1, -0.05) is 59.9 Å². The number of alkyl halides is 3. The van der Waals surface area contributed by atoms with E-state index in [2.05, 4.69) is 32.5 Å². The lowest BCUT2D eigenvalue weighted by molar-refractivity contribution is -0.274. The first-order valence-corrected chi connectivity index (χ1v) is 15.0. The number of halogens is 3. The van der Waals surface area contributed by atoms with Crippen LogP contribution in [0.1, 0.15) is 53.1 Å². The van der Waals surface area contributed by atoms with Gasteiger partial charge in [-0.2, -0.15) is 0 Å². The van der Waals surface area contributed by atoms with Crippen LogP contribution >= 0.6 is 11.3 Å². The van der Waals surface area contributed by atoms with Gasteiger partial charge in [0.15, 0.2) is 10.9 Å². The number of hydrogen-bond acceptors (Lipinski definition) is 6. The van der Waals surface area contributed by atoms with Crippen molar-refractivity contribution in [2.75, 3.05) is 16.8 Å². The van der Waals surface area contributed by atoms with Gasteiger partial charge >= 0.3 is 18.4 Å². The van der Waals surface area contributed by atoms with Crippen LogP contribution in [0, 0.1) is 0 Å². The van der Waals surface area contributed by atoms with Crippen LogP contribution in [-0.2, 0) is 11.3 Å². The summed E-state index contributed by atoms with van der Waals surface area (Å²) in [7, 11) is 0. The predicted molar refractivity (Wildman–Crippen MR) is 165 cm³/mol. The smallest absolute Gasteiger partial charge is 0.481 e. The Labute approximate surface area is 260 Å². The van der Waals surface area contributed by atoms with Gasteiger partial charge in [-0.3, -0.25) is 19.8 Å². The van der Waals surface area contributed by atoms with Crippen molar-refractivity contribution in [2.24, 2.45) is 0 Å². The van der Waals surface area contributed by atoms with Crippen molar-refractivity contribution in [2.45, 2.75) is 44.5 Å². The lowest BCUT2D eigenvalue weighted by Gasteiger charge is -2.29. The van der Waals surface area contributed by atoms with Crippen LogP contribution in [0.15, 0.2) is 78.9 Å². The highest BCUT2D eigenvalue weighted by molar-refractivity contribution is 7.22. The molecular weight excluding hydrogens is 609 g/mol. The van der Waals surface area contributed by atoms with Crippen LogP contribution in [0.25, 0.3) is 10.2 Å². The standard InChI is InChI=1S/C32H29F3N4O5S/c33-32(34,35)44-25-11-6-12-26-28(25)37-30(45-26)38-31(43)39(24-10-5-4-9-23(24)21-7-2-1-3-8-21)19-20-13-15-22(16-14-20)29(42)36-18-17-27(40)41/h1-2,4-6,9-16,21H,3,7-8,17-19H2,(H,36,42)(H,40,41)(H,37,38,43). The number of hydrogen-bond donors (Lipinski definition) is 3. The van der Waals surface area contributed by atoms with E-state index in [1.54, 1.807) is 35.2 Å². The molecule has 9 nitrogen and oxygen atoms in total. The summed E-state index contributed by atoms with van der Waals surface area (Å²) in [6.45, 7) is 0.103. The van der Waals surface area contributed by atoms with Gasteiger partial charge in [-0.25, -0.2) is 9.78 Å². The Morgan fingerprint density at radius 2 is 1.80 bits per heavy atom.